The van der Waals surface area contributed by atoms with Gasteiger partial charge in [0.05, 0.1) is 11.5 Å². The van der Waals surface area contributed by atoms with Gasteiger partial charge in [-0.3, -0.25) is 28.8 Å². The zero-order valence-corrected chi connectivity index (χ0v) is 28.8. The van der Waals surface area contributed by atoms with Crippen molar-refractivity contribution in [1.82, 2.24) is 0 Å². The molecule has 48 heavy (non-hydrogen) atoms. The van der Waals surface area contributed by atoms with Crippen LogP contribution in [-0.2, 0) is 36.8 Å². The number of Topliss-reactive ketones (excluding diaryl/α,β-unsaturated/α-hetero) is 6. The van der Waals surface area contributed by atoms with E-state index >= 15 is 0 Å². The minimum atomic E-state index is -2.75. The third-order valence-electron chi connectivity index (χ3n) is 12.3. The van der Waals surface area contributed by atoms with Crippen LogP contribution in [0.5, 0.6) is 5.75 Å². The van der Waals surface area contributed by atoms with E-state index in [-0.39, 0.29) is 48.7 Å². The van der Waals surface area contributed by atoms with E-state index in [1.807, 2.05) is 37.3 Å². The maximum Gasteiger partial charge on any atom is 0.190 e. The first-order valence-corrected chi connectivity index (χ1v) is 17.3. The second-order valence-electron chi connectivity index (χ2n) is 15.9. The van der Waals surface area contributed by atoms with Gasteiger partial charge in [0.25, 0.3) is 0 Å². The fourth-order valence-electron chi connectivity index (χ4n) is 10.2. The van der Waals surface area contributed by atoms with Crippen LogP contribution in [0.1, 0.15) is 100 Å². The quantitative estimate of drug-likeness (QED) is 0.359. The summed E-state index contributed by atoms with van der Waals surface area (Å²) in [5, 5.41) is 24.1. The van der Waals surface area contributed by atoms with Crippen LogP contribution in [0, 0.1) is 47.3 Å². The fourth-order valence-corrected chi connectivity index (χ4v) is 10.2. The first kappa shape index (κ1) is 34.1. The summed E-state index contributed by atoms with van der Waals surface area (Å²) in [6.45, 7) is 9.98. The third-order valence-corrected chi connectivity index (χ3v) is 12.3. The average Bonchev–Trinajstić information content (AvgIpc) is 3.54. The van der Waals surface area contributed by atoms with E-state index in [0.29, 0.717) is 16.7 Å². The van der Waals surface area contributed by atoms with Gasteiger partial charge in [-0.25, -0.2) is 0 Å². The lowest BCUT2D eigenvalue weighted by atomic mass is 9.39. The minimum absolute atomic E-state index is 0.00518. The molecule has 4 aliphatic carbocycles. The number of benzene rings is 2. The Morgan fingerprint density at radius 3 is 2.19 bits per heavy atom. The predicted octanol–water partition coefficient (Wildman–Crippen LogP) is 5.76. The molecule has 0 amide bonds. The Hall–Kier alpha value is -3.78. The van der Waals surface area contributed by atoms with Gasteiger partial charge in [-0.15, -0.1) is 0 Å². The molecule has 0 bridgehead atoms. The highest BCUT2D eigenvalue weighted by Gasteiger charge is 2.76. The van der Waals surface area contributed by atoms with Crippen LogP contribution in [0.3, 0.4) is 0 Å². The summed E-state index contributed by atoms with van der Waals surface area (Å²) in [7, 11) is 0. The highest BCUT2D eigenvalue weighted by atomic mass is 16.3. The number of carbonyl (C=O) groups excluding carboxylic acids is 6. The van der Waals surface area contributed by atoms with Crippen LogP contribution < -0.4 is 0 Å². The lowest BCUT2D eigenvalue weighted by Gasteiger charge is -2.62. The van der Waals surface area contributed by atoms with E-state index in [1.165, 1.54) is 0 Å². The number of rotatable bonds is 7. The molecular formula is C40H46O8. The smallest absolute Gasteiger partial charge is 0.190 e. The monoisotopic (exact) mass is 654 g/mol. The number of phenolic OH excluding ortho intramolecular Hbond substituents is 1. The summed E-state index contributed by atoms with van der Waals surface area (Å²) in [5.74, 6) is -9.04. The molecule has 2 aromatic rings. The van der Waals surface area contributed by atoms with Crippen molar-refractivity contribution in [2.45, 2.75) is 98.5 Å². The standard InChI is InChI=1S/C40H46O8/c1-20(2)31-34(44)29(22(4)41)36(46)40(48)37(47)32-35(45)30-27(18-38(32,5)19-39(31,40)6)26(23-13-11-21(3)12-14-23)17-25(33(30)43)15-16-28(42)24-9-7-8-10-24/h11-14,17,20,24,29,31-32,43,48H,7-10,15-16,18-19H2,1-6H3/t29?,31?,32?,38-,39-,40+/m1/s1. The Kier molecular flexibility index (Phi) is 8.30. The van der Waals surface area contributed by atoms with Crippen molar-refractivity contribution in [3.05, 3.63) is 52.6 Å². The molecular weight excluding hydrogens is 608 g/mol. The van der Waals surface area contributed by atoms with Gasteiger partial charge in [0.2, 0.25) is 0 Å². The van der Waals surface area contributed by atoms with Gasteiger partial charge in [-0.1, -0.05) is 70.4 Å². The van der Waals surface area contributed by atoms with Crippen molar-refractivity contribution >= 4 is 34.7 Å². The van der Waals surface area contributed by atoms with Crippen molar-refractivity contribution < 1.29 is 39.0 Å². The van der Waals surface area contributed by atoms with Crippen molar-refractivity contribution in [3.63, 3.8) is 0 Å². The number of fused-ring (bicyclic) bond motifs is 3. The van der Waals surface area contributed by atoms with Crippen LogP contribution in [0.25, 0.3) is 11.1 Å². The predicted molar refractivity (Wildman–Crippen MR) is 178 cm³/mol. The second kappa shape index (κ2) is 11.7. The lowest BCUT2D eigenvalue weighted by molar-refractivity contribution is -0.205. The number of hydrogen-bond acceptors (Lipinski definition) is 8. The van der Waals surface area contributed by atoms with Crippen LogP contribution in [0.15, 0.2) is 30.3 Å². The number of aryl methyl sites for hydroxylation is 2. The number of aromatic hydroxyl groups is 1. The Balaban J connectivity index is 1.52. The molecule has 8 nitrogen and oxygen atoms in total. The molecule has 6 rings (SSSR count). The number of carbonyl (C=O) groups is 6. The van der Waals surface area contributed by atoms with Gasteiger partial charge >= 0.3 is 0 Å². The topological polar surface area (TPSA) is 143 Å². The third kappa shape index (κ3) is 4.80. The van der Waals surface area contributed by atoms with E-state index in [9.17, 15) is 39.0 Å². The molecule has 254 valence electrons. The van der Waals surface area contributed by atoms with Gasteiger partial charge in [-0.2, -0.15) is 0 Å². The molecule has 0 aliphatic heterocycles. The van der Waals surface area contributed by atoms with Gasteiger partial charge in [0, 0.05) is 23.7 Å². The van der Waals surface area contributed by atoms with Crippen LogP contribution in [0.4, 0.5) is 0 Å². The molecule has 8 heteroatoms. The number of phenols is 1. The number of hydrogen-bond donors (Lipinski definition) is 2. The summed E-state index contributed by atoms with van der Waals surface area (Å²) in [4.78, 5) is 83.0. The SMILES string of the molecule is CC(=O)C1C(=O)C(C(C)C)[C@@]2(C)C[C@@]3(C)Cc4c(-c5ccc(C)cc5)cc(CCC(=O)C5CCCC5)c(O)c4C(=O)C3C(=O)[C@@]2(O)C1=O. The van der Waals surface area contributed by atoms with E-state index in [0.717, 1.165) is 43.7 Å². The maximum atomic E-state index is 14.7. The molecule has 0 aromatic heterocycles. The molecule has 0 radical (unpaired) electrons. The first-order chi connectivity index (χ1) is 22.5. The van der Waals surface area contributed by atoms with Gasteiger partial charge in [-0.05, 0) is 85.6 Å². The summed E-state index contributed by atoms with van der Waals surface area (Å²) in [6, 6.07) is 9.64. The van der Waals surface area contributed by atoms with E-state index in [1.54, 1.807) is 27.7 Å². The minimum Gasteiger partial charge on any atom is -0.507 e. The van der Waals surface area contributed by atoms with Crippen LogP contribution in [-0.4, -0.2) is 50.5 Å². The summed E-state index contributed by atoms with van der Waals surface area (Å²) >= 11 is 0. The zero-order chi connectivity index (χ0) is 35.1. The maximum absolute atomic E-state index is 14.7. The van der Waals surface area contributed by atoms with Gasteiger partial charge in [0.15, 0.2) is 28.7 Å². The Morgan fingerprint density at radius 2 is 1.60 bits per heavy atom. The molecule has 3 saturated carbocycles. The molecule has 0 saturated heterocycles. The summed E-state index contributed by atoms with van der Waals surface area (Å²) < 4.78 is 0. The molecule has 0 spiro atoms. The van der Waals surface area contributed by atoms with Gasteiger partial charge in [0.1, 0.15) is 23.2 Å². The van der Waals surface area contributed by atoms with E-state index in [2.05, 4.69) is 0 Å². The fraction of sp³-hybridized carbons (Fsp3) is 0.550. The Bertz CT molecular complexity index is 1760. The number of ketones is 6. The first-order valence-electron chi connectivity index (χ1n) is 17.3. The largest absolute Gasteiger partial charge is 0.507 e. The Labute approximate surface area is 281 Å². The van der Waals surface area contributed by atoms with Crippen molar-refractivity contribution in [2.24, 2.45) is 40.4 Å². The zero-order valence-electron chi connectivity index (χ0n) is 28.8. The van der Waals surface area contributed by atoms with Gasteiger partial charge < -0.3 is 10.2 Å². The molecule has 2 N–H and O–H groups in total. The average molecular weight is 655 g/mol. The molecule has 6 atom stereocenters. The van der Waals surface area contributed by atoms with Crippen molar-refractivity contribution in [2.75, 3.05) is 0 Å². The summed E-state index contributed by atoms with van der Waals surface area (Å²) in [6.07, 6.45) is 4.35. The van der Waals surface area contributed by atoms with Crippen LogP contribution in [0.2, 0.25) is 0 Å². The molecule has 3 unspecified atom stereocenters. The number of aliphatic hydroxyl groups is 1. The van der Waals surface area contributed by atoms with E-state index < -0.39 is 69.0 Å². The highest BCUT2D eigenvalue weighted by Crippen LogP contribution is 2.64. The lowest BCUT2D eigenvalue weighted by Crippen LogP contribution is -2.76. The Morgan fingerprint density at radius 1 is 0.979 bits per heavy atom. The highest BCUT2D eigenvalue weighted by molar-refractivity contribution is 6.32. The van der Waals surface area contributed by atoms with Crippen molar-refractivity contribution in [1.29, 1.82) is 0 Å². The molecule has 0 heterocycles. The molecule has 4 aliphatic rings. The van der Waals surface area contributed by atoms with Crippen molar-refractivity contribution in [3.8, 4) is 16.9 Å². The second-order valence-corrected chi connectivity index (χ2v) is 15.9. The normalized spacial score (nSPS) is 31.9. The van der Waals surface area contributed by atoms with E-state index in [4.69, 9.17) is 0 Å². The van der Waals surface area contributed by atoms with Crippen LogP contribution >= 0.6 is 0 Å². The summed E-state index contributed by atoms with van der Waals surface area (Å²) in [5.41, 5.74) is -1.92. The molecule has 2 aromatic carbocycles. The molecule has 3 fully saturated rings.